The molecule has 2 aromatic heterocycles. The van der Waals surface area contributed by atoms with Crippen LogP contribution in [0, 0.1) is 0 Å². The van der Waals surface area contributed by atoms with Crippen LogP contribution in [0.1, 0.15) is 50.3 Å². The molecule has 254 valence electrons. The first-order valence-corrected chi connectivity index (χ1v) is 17.2. The highest BCUT2D eigenvalue weighted by Gasteiger charge is 2.28. The first kappa shape index (κ1) is 33.6. The van der Waals surface area contributed by atoms with Gasteiger partial charge in [0.15, 0.2) is 0 Å². The van der Waals surface area contributed by atoms with Crippen molar-refractivity contribution < 1.29 is 4.74 Å². The number of aromatic nitrogens is 4. The predicted molar refractivity (Wildman–Crippen MR) is 197 cm³/mol. The van der Waals surface area contributed by atoms with E-state index in [1.807, 2.05) is 12.1 Å². The number of benzene rings is 2. The van der Waals surface area contributed by atoms with Crippen LogP contribution in [-0.4, -0.2) is 95.2 Å². The lowest BCUT2D eigenvalue weighted by Gasteiger charge is -2.43. The number of hydrogen-bond donors (Lipinski definition) is 3. The second kappa shape index (κ2) is 15.3. The van der Waals surface area contributed by atoms with E-state index in [0.717, 1.165) is 58.8 Å². The van der Waals surface area contributed by atoms with Gasteiger partial charge in [0, 0.05) is 105 Å². The van der Waals surface area contributed by atoms with E-state index in [-0.39, 0.29) is 0 Å². The Balaban J connectivity index is 1.23. The Hall–Kier alpha value is -4.32. The molecule has 0 unspecified atom stereocenters. The summed E-state index contributed by atoms with van der Waals surface area (Å²) in [6, 6.07) is 9.36. The quantitative estimate of drug-likeness (QED) is 0.172. The summed E-state index contributed by atoms with van der Waals surface area (Å²) in [5, 5.41) is 10.5. The predicted octanol–water partition coefficient (Wildman–Crippen LogP) is 5.84. The van der Waals surface area contributed by atoms with Crippen molar-refractivity contribution in [1.29, 1.82) is 0 Å². The van der Waals surface area contributed by atoms with Crippen molar-refractivity contribution in [1.82, 2.24) is 35.1 Å². The third-order valence-corrected chi connectivity index (χ3v) is 9.61. The van der Waals surface area contributed by atoms with Crippen molar-refractivity contribution in [3.05, 3.63) is 66.1 Å². The molecule has 11 nitrogen and oxygen atoms in total. The monoisotopic (exact) mass is 650 g/mol. The Morgan fingerprint density at radius 2 is 1.75 bits per heavy atom. The molecule has 0 amide bonds. The van der Waals surface area contributed by atoms with Gasteiger partial charge >= 0.3 is 0 Å². The normalized spacial score (nSPS) is 16.4. The molecule has 0 saturated carbocycles. The van der Waals surface area contributed by atoms with Gasteiger partial charge < -0.3 is 30.5 Å². The number of hydrogen-bond acceptors (Lipinski definition) is 11. The fraction of sp³-hybridized carbons (Fsp3) is 0.459. The zero-order chi connectivity index (χ0) is 33.6. The van der Waals surface area contributed by atoms with E-state index in [0.29, 0.717) is 30.4 Å². The first-order valence-electron chi connectivity index (χ1n) is 17.2. The summed E-state index contributed by atoms with van der Waals surface area (Å²) in [6.45, 7) is 17.9. The first-order chi connectivity index (χ1) is 23.4. The molecule has 0 bridgehead atoms. The molecule has 6 rings (SSSR count). The summed E-state index contributed by atoms with van der Waals surface area (Å²) in [5.41, 5.74) is 7.78. The molecule has 0 aliphatic carbocycles. The zero-order valence-corrected chi connectivity index (χ0v) is 29.1. The van der Waals surface area contributed by atoms with Crippen LogP contribution in [0.2, 0.25) is 0 Å². The second-order valence-electron chi connectivity index (χ2n) is 13.1. The lowest BCUT2D eigenvalue weighted by Crippen LogP contribution is -2.52. The standard InChI is InChI=1S/C37H50N10O/c1-7-26-21-32(34(48-6)22-33(26)47-15-11-28(12-16-47)46-19-17-45(5)18-20-46)43-37-41-23-27(8-2)36(44-37)42-30-9-10-31-35(39-14-13-38-31)29(30)24-40-25(3)4/h8-10,13-14,21-23,25,28,40H,2,7,11-12,15-20,24H2,1,3-6H3,(H2,41,42,43,44). The number of methoxy groups -OCH3 is 1. The van der Waals surface area contributed by atoms with Crippen LogP contribution in [0.25, 0.3) is 17.1 Å². The Labute approximate surface area is 284 Å². The van der Waals surface area contributed by atoms with Gasteiger partial charge in [0.1, 0.15) is 11.6 Å². The van der Waals surface area contributed by atoms with Crippen LogP contribution in [0.4, 0.5) is 28.8 Å². The number of fused-ring (bicyclic) bond motifs is 1. The van der Waals surface area contributed by atoms with Gasteiger partial charge in [-0.1, -0.05) is 33.4 Å². The van der Waals surface area contributed by atoms with Gasteiger partial charge in [-0.15, -0.1) is 0 Å². The number of rotatable bonds is 12. The molecule has 2 fully saturated rings. The molecule has 2 aliphatic rings. The minimum Gasteiger partial charge on any atom is -0.494 e. The number of piperazine rings is 1. The highest BCUT2D eigenvalue weighted by Crippen LogP contribution is 2.37. The van der Waals surface area contributed by atoms with Crippen molar-refractivity contribution in [2.75, 3.05) is 69.0 Å². The topological polar surface area (TPSA) is 107 Å². The average Bonchev–Trinajstić information content (AvgIpc) is 3.11. The van der Waals surface area contributed by atoms with Crippen molar-refractivity contribution >= 4 is 45.9 Å². The van der Waals surface area contributed by atoms with Gasteiger partial charge in [0.05, 0.1) is 23.8 Å². The van der Waals surface area contributed by atoms with Crippen LogP contribution < -0.4 is 25.6 Å². The number of aryl methyl sites for hydroxylation is 1. The Kier molecular flexibility index (Phi) is 10.7. The minimum atomic E-state index is 0.312. The number of likely N-dealkylation sites (N-methyl/N-ethyl adjacent to an activating group) is 1. The Bertz CT molecular complexity index is 1710. The fourth-order valence-electron chi connectivity index (χ4n) is 6.76. The SMILES string of the molecule is C=Cc1cnc(Nc2cc(CC)c(N3CCC(N4CCN(C)CC4)CC3)cc2OC)nc1Nc1ccc2nccnc2c1CNC(C)C. The molecule has 3 N–H and O–H groups in total. The summed E-state index contributed by atoms with van der Waals surface area (Å²) in [4.78, 5) is 26.4. The molecule has 4 aromatic rings. The maximum Gasteiger partial charge on any atom is 0.229 e. The average molecular weight is 651 g/mol. The summed E-state index contributed by atoms with van der Waals surface area (Å²) >= 11 is 0. The summed E-state index contributed by atoms with van der Waals surface area (Å²) in [5.74, 6) is 1.88. The lowest BCUT2D eigenvalue weighted by atomic mass is 9.99. The molecule has 0 radical (unpaired) electrons. The van der Waals surface area contributed by atoms with Crippen LogP contribution >= 0.6 is 0 Å². The van der Waals surface area contributed by atoms with Crippen LogP contribution in [0.3, 0.4) is 0 Å². The van der Waals surface area contributed by atoms with Crippen LogP contribution in [0.15, 0.2) is 49.4 Å². The summed E-state index contributed by atoms with van der Waals surface area (Å²) < 4.78 is 5.94. The molecule has 2 saturated heterocycles. The van der Waals surface area contributed by atoms with Gasteiger partial charge in [0.2, 0.25) is 5.95 Å². The van der Waals surface area contributed by atoms with Crippen LogP contribution in [0.5, 0.6) is 5.75 Å². The third-order valence-electron chi connectivity index (χ3n) is 9.61. The number of anilines is 5. The van der Waals surface area contributed by atoms with Gasteiger partial charge in [-0.3, -0.25) is 14.9 Å². The molecule has 11 heteroatoms. The van der Waals surface area contributed by atoms with Gasteiger partial charge in [-0.25, -0.2) is 4.98 Å². The number of ether oxygens (including phenoxy) is 1. The third kappa shape index (κ3) is 7.53. The molecular formula is C37H50N10O. The maximum absolute atomic E-state index is 5.94. The van der Waals surface area contributed by atoms with E-state index < -0.39 is 0 Å². The van der Waals surface area contributed by atoms with Crippen molar-refractivity contribution in [3.8, 4) is 5.75 Å². The van der Waals surface area contributed by atoms with E-state index in [4.69, 9.17) is 9.72 Å². The van der Waals surface area contributed by atoms with E-state index in [2.05, 4.69) is 92.1 Å². The van der Waals surface area contributed by atoms with E-state index in [1.165, 1.54) is 50.3 Å². The fourth-order valence-corrected chi connectivity index (χ4v) is 6.76. The maximum atomic E-state index is 5.94. The molecule has 2 aliphatic heterocycles. The Morgan fingerprint density at radius 1 is 0.979 bits per heavy atom. The van der Waals surface area contributed by atoms with Crippen molar-refractivity contribution in [3.63, 3.8) is 0 Å². The van der Waals surface area contributed by atoms with E-state index >= 15 is 0 Å². The largest absolute Gasteiger partial charge is 0.494 e. The molecule has 4 heterocycles. The van der Waals surface area contributed by atoms with Gasteiger partial charge in [-0.2, -0.15) is 4.98 Å². The number of nitrogens with one attached hydrogen (secondary N) is 3. The molecule has 2 aromatic carbocycles. The highest BCUT2D eigenvalue weighted by molar-refractivity contribution is 5.85. The highest BCUT2D eigenvalue weighted by atomic mass is 16.5. The molecule has 48 heavy (non-hydrogen) atoms. The summed E-state index contributed by atoms with van der Waals surface area (Å²) in [6.07, 6.45) is 10.3. The molecular weight excluding hydrogens is 600 g/mol. The van der Waals surface area contributed by atoms with E-state index in [1.54, 1.807) is 31.8 Å². The summed E-state index contributed by atoms with van der Waals surface area (Å²) in [7, 11) is 3.94. The number of nitrogens with zero attached hydrogens (tertiary/aromatic N) is 7. The van der Waals surface area contributed by atoms with E-state index in [9.17, 15) is 0 Å². The Morgan fingerprint density at radius 3 is 2.46 bits per heavy atom. The van der Waals surface area contributed by atoms with Crippen LogP contribution in [-0.2, 0) is 13.0 Å². The van der Waals surface area contributed by atoms with Gasteiger partial charge in [-0.05, 0) is 50.1 Å². The van der Waals surface area contributed by atoms with Gasteiger partial charge in [0.25, 0.3) is 0 Å². The van der Waals surface area contributed by atoms with Crippen molar-refractivity contribution in [2.24, 2.45) is 0 Å². The van der Waals surface area contributed by atoms with Crippen molar-refractivity contribution in [2.45, 2.75) is 58.7 Å². The molecule has 0 atom stereocenters. The molecule has 0 spiro atoms. The second-order valence-corrected chi connectivity index (χ2v) is 13.1. The minimum absolute atomic E-state index is 0.312. The number of piperidine rings is 1. The smallest absolute Gasteiger partial charge is 0.229 e. The zero-order valence-electron chi connectivity index (χ0n) is 29.1. The lowest BCUT2D eigenvalue weighted by molar-refractivity contribution is 0.0982.